The molecule has 5 atom stereocenters. The number of primary amides is 1. The number of hydrogen-bond donors (Lipinski definition) is 1. The van der Waals surface area contributed by atoms with Gasteiger partial charge in [0.05, 0.1) is 16.5 Å². The molecule has 2 amide bonds. The van der Waals surface area contributed by atoms with Gasteiger partial charge in [0, 0.05) is 37.6 Å². The SMILES string of the molecule is CC(C)(C)[C@H](CC(=O)CC1(CS(=O)(=O)C(C)(C)C)CCCCC1)C(=O)N1CC2[C@@H]([C@H]1C(=O)CC(C(=O)C(N)=O)C1CCC1)C2(C)C. The zero-order chi connectivity index (χ0) is 34.6. The molecule has 1 aliphatic heterocycles. The Hall–Kier alpha value is -2.10. The van der Waals surface area contributed by atoms with Crippen molar-refractivity contribution in [1.82, 2.24) is 4.90 Å². The van der Waals surface area contributed by atoms with Crippen molar-refractivity contribution in [3.8, 4) is 0 Å². The number of ketones is 3. The van der Waals surface area contributed by atoms with Gasteiger partial charge in [0.15, 0.2) is 15.6 Å². The van der Waals surface area contributed by atoms with Gasteiger partial charge >= 0.3 is 0 Å². The number of nitrogens with zero attached hydrogens (tertiary/aromatic N) is 1. The minimum absolute atomic E-state index is 0.0132. The van der Waals surface area contributed by atoms with Crippen molar-refractivity contribution in [2.45, 2.75) is 137 Å². The van der Waals surface area contributed by atoms with Crippen LogP contribution in [0.4, 0.5) is 0 Å². The molecule has 0 aromatic heterocycles. The van der Waals surface area contributed by atoms with E-state index in [-0.39, 0.29) is 65.7 Å². The van der Waals surface area contributed by atoms with E-state index in [9.17, 15) is 32.4 Å². The van der Waals surface area contributed by atoms with E-state index in [4.69, 9.17) is 5.73 Å². The summed E-state index contributed by atoms with van der Waals surface area (Å²) in [6.07, 6.45) is 6.62. The minimum Gasteiger partial charge on any atom is -0.363 e. The first-order valence-electron chi connectivity index (χ1n) is 17.4. The lowest BCUT2D eigenvalue weighted by Gasteiger charge is -2.40. The Morgan fingerprint density at radius 3 is 1.96 bits per heavy atom. The second-order valence-electron chi connectivity index (χ2n) is 17.9. The summed E-state index contributed by atoms with van der Waals surface area (Å²) in [6.45, 7) is 15.5. The molecule has 1 saturated heterocycles. The predicted molar refractivity (Wildman–Crippen MR) is 177 cm³/mol. The summed E-state index contributed by atoms with van der Waals surface area (Å²) in [7, 11) is -3.46. The number of piperidine rings is 1. The average molecular weight is 663 g/mol. The molecule has 3 aliphatic carbocycles. The highest BCUT2D eigenvalue weighted by Crippen LogP contribution is 2.65. The summed E-state index contributed by atoms with van der Waals surface area (Å²) in [6, 6.07) is -0.711. The number of sulfone groups is 1. The van der Waals surface area contributed by atoms with Crippen LogP contribution >= 0.6 is 0 Å². The fourth-order valence-corrected chi connectivity index (χ4v) is 10.3. The maximum Gasteiger partial charge on any atom is 0.285 e. The van der Waals surface area contributed by atoms with E-state index in [2.05, 4.69) is 13.8 Å². The predicted octanol–water partition coefficient (Wildman–Crippen LogP) is 5.07. The van der Waals surface area contributed by atoms with Crippen LogP contribution in [-0.2, 0) is 33.8 Å². The van der Waals surface area contributed by atoms with Gasteiger partial charge in [-0.05, 0) is 80.5 Å². The van der Waals surface area contributed by atoms with Crippen LogP contribution in [0.3, 0.4) is 0 Å². The van der Waals surface area contributed by atoms with Crippen LogP contribution in [-0.4, -0.2) is 65.6 Å². The third kappa shape index (κ3) is 7.31. The molecular formula is C36H58N2O7S. The number of fused-ring (bicyclic) bond motifs is 1. The molecule has 3 saturated carbocycles. The van der Waals surface area contributed by atoms with E-state index >= 15 is 0 Å². The molecule has 0 aromatic carbocycles. The van der Waals surface area contributed by atoms with Gasteiger partial charge in [-0.25, -0.2) is 8.42 Å². The van der Waals surface area contributed by atoms with Gasteiger partial charge in [-0.3, -0.25) is 24.0 Å². The van der Waals surface area contributed by atoms with Crippen molar-refractivity contribution in [2.75, 3.05) is 12.3 Å². The lowest BCUT2D eigenvalue weighted by Crippen LogP contribution is -2.51. The lowest BCUT2D eigenvalue weighted by atomic mass is 9.70. The van der Waals surface area contributed by atoms with Crippen molar-refractivity contribution in [3.63, 3.8) is 0 Å². The smallest absolute Gasteiger partial charge is 0.285 e. The molecular weight excluding hydrogens is 604 g/mol. The number of hydrogen-bond acceptors (Lipinski definition) is 7. The Labute approximate surface area is 276 Å². The highest BCUT2D eigenvalue weighted by Gasteiger charge is 2.69. The molecule has 4 aliphatic rings. The monoisotopic (exact) mass is 662 g/mol. The van der Waals surface area contributed by atoms with Gasteiger partial charge in [-0.15, -0.1) is 0 Å². The molecule has 4 fully saturated rings. The molecule has 9 nitrogen and oxygen atoms in total. The first-order chi connectivity index (χ1) is 21.0. The molecule has 46 heavy (non-hydrogen) atoms. The standard InChI is InChI=1S/C36H58N2O7S/c1-33(2,3)25(17-23(39)19-36(15-10-9-11-16-36)21-46(44,45)34(4,5)6)32(43)38-20-26-28(35(26,7)8)29(38)27(40)18-24(22-13-12-14-22)30(41)31(37)42/h22,24-26,28-29H,9-21H2,1-8H3,(H2,37,42)/t24?,25-,26?,28+,29-/m1/s1. The number of carbonyl (C=O) groups is 5. The molecule has 2 N–H and O–H groups in total. The van der Waals surface area contributed by atoms with Crippen molar-refractivity contribution in [2.24, 2.45) is 51.6 Å². The van der Waals surface area contributed by atoms with Gasteiger partial charge in [0.25, 0.3) is 5.91 Å². The van der Waals surface area contributed by atoms with Crippen molar-refractivity contribution >= 4 is 39.0 Å². The Kier molecular flexibility index (Phi) is 10.2. The molecule has 2 unspecified atom stereocenters. The van der Waals surface area contributed by atoms with E-state index in [1.165, 1.54) is 0 Å². The fraction of sp³-hybridized carbons (Fsp3) is 0.861. The molecule has 0 spiro atoms. The van der Waals surface area contributed by atoms with Crippen LogP contribution < -0.4 is 5.73 Å². The Bertz CT molecular complexity index is 1340. The Balaban J connectivity index is 1.56. The van der Waals surface area contributed by atoms with Crippen LogP contribution in [0.25, 0.3) is 0 Å². The second kappa shape index (κ2) is 12.7. The fourth-order valence-electron chi connectivity index (χ4n) is 8.69. The maximum atomic E-state index is 14.5. The van der Waals surface area contributed by atoms with E-state index in [0.29, 0.717) is 19.4 Å². The third-order valence-electron chi connectivity index (χ3n) is 12.2. The summed E-state index contributed by atoms with van der Waals surface area (Å²) in [4.78, 5) is 68.7. The van der Waals surface area contributed by atoms with Crippen molar-refractivity contribution < 1.29 is 32.4 Å². The highest BCUT2D eigenvalue weighted by atomic mass is 32.2. The number of rotatable bonds is 13. The first-order valence-corrected chi connectivity index (χ1v) is 19.1. The number of nitrogens with two attached hydrogens (primary N) is 1. The van der Waals surface area contributed by atoms with Crippen LogP contribution in [0.1, 0.15) is 126 Å². The molecule has 0 bridgehead atoms. The summed E-state index contributed by atoms with van der Waals surface area (Å²) in [5.74, 6) is -3.70. The van der Waals surface area contributed by atoms with Crippen LogP contribution in [0.5, 0.6) is 0 Å². The number of carbonyl (C=O) groups excluding carboxylic acids is 5. The molecule has 1 heterocycles. The molecule has 0 aromatic rings. The second-order valence-corrected chi connectivity index (χ2v) is 20.6. The minimum atomic E-state index is -3.46. The highest BCUT2D eigenvalue weighted by molar-refractivity contribution is 7.92. The van der Waals surface area contributed by atoms with E-state index < -0.39 is 55.0 Å². The molecule has 4 rings (SSSR count). The molecule has 0 radical (unpaired) electrons. The summed E-state index contributed by atoms with van der Waals surface area (Å²) in [5, 5.41) is 0. The number of amides is 2. The average Bonchev–Trinajstić information content (AvgIpc) is 3.21. The molecule has 10 heteroatoms. The topological polar surface area (TPSA) is 149 Å². The molecule has 260 valence electrons. The largest absolute Gasteiger partial charge is 0.363 e. The zero-order valence-electron chi connectivity index (χ0n) is 29.4. The number of likely N-dealkylation sites (tertiary alicyclic amines) is 1. The lowest BCUT2D eigenvalue weighted by molar-refractivity contribution is -0.148. The summed E-state index contributed by atoms with van der Waals surface area (Å²) in [5.41, 5.74) is 4.03. The zero-order valence-corrected chi connectivity index (χ0v) is 30.3. The van der Waals surface area contributed by atoms with E-state index in [1.54, 1.807) is 25.7 Å². The van der Waals surface area contributed by atoms with E-state index in [1.807, 2.05) is 20.8 Å². The van der Waals surface area contributed by atoms with Gasteiger partial charge in [0.2, 0.25) is 11.7 Å². The van der Waals surface area contributed by atoms with Crippen LogP contribution in [0, 0.1) is 45.8 Å². The quantitative estimate of drug-likeness (QED) is 0.271. The maximum absolute atomic E-state index is 14.5. The van der Waals surface area contributed by atoms with Crippen molar-refractivity contribution in [3.05, 3.63) is 0 Å². The summed E-state index contributed by atoms with van der Waals surface area (Å²) < 4.78 is 25.7. The van der Waals surface area contributed by atoms with Crippen LogP contribution in [0.2, 0.25) is 0 Å². The third-order valence-corrected chi connectivity index (χ3v) is 15.1. The first kappa shape index (κ1) is 36.7. The Morgan fingerprint density at radius 1 is 0.891 bits per heavy atom. The van der Waals surface area contributed by atoms with Gasteiger partial charge in [0.1, 0.15) is 5.78 Å². The number of Topliss-reactive ketones (excluding diaryl/α,β-unsaturated/α-hetero) is 3. The summed E-state index contributed by atoms with van der Waals surface area (Å²) >= 11 is 0. The van der Waals surface area contributed by atoms with Gasteiger partial charge in [-0.1, -0.05) is 60.3 Å². The van der Waals surface area contributed by atoms with E-state index in [0.717, 1.165) is 38.5 Å². The normalized spacial score (nSPS) is 27.2. The van der Waals surface area contributed by atoms with Gasteiger partial charge < -0.3 is 10.6 Å². The van der Waals surface area contributed by atoms with Gasteiger partial charge in [-0.2, -0.15) is 0 Å². The Morgan fingerprint density at radius 2 is 1.48 bits per heavy atom. The van der Waals surface area contributed by atoms with Crippen molar-refractivity contribution in [1.29, 1.82) is 0 Å². The van der Waals surface area contributed by atoms with Crippen LogP contribution in [0.15, 0.2) is 0 Å².